The minimum atomic E-state index is 0.568. The molecule has 0 saturated carbocycles. The number of benzene rings is 1. The number of aryl methyl sites for hydroxylation is 1. The molecule has 0 unspecified atom stereocenters. The molecule has 2 heterocycles. The highest BCUT2D eigenvalue weighted by atomic mass is 16.5. The third kappa shape index (κ3) is 2.08. The van der Waals surface area contributed by atoms with Gasteiger partial charge in [-0.2, -0.15) is 10.2 Å². The van der Waals surface area contributed by atoms with Gasteiger partial charge in [0.25, 0.3) is 0 Å². The first-order chi connectivity index (χ1) is 9.30. The number of hydrogen-bond donors (Lipinski definition) is 0. The highest BCUT2D eigenvalue weighted by Gasteiger charge is 2.07. The Hall–Kier alpha value is -2.61. The molecule has 0 saturated heterocycles. The van der Waals surface area contributed by atoms with Crippen molar-refractivity contribution in [1.29, 1.82) is 5.26 Å². The minimum Gasteiger partial charge on any atom is -0.340 e. The third-order valence-corrected chi connectivity index (χ3v) is 3.02. The maximum absolute atomic E-state index is 8.88. The van der Waals surface area contributed by atoms with Gasteiger partial charge < -0.3 is 9.09 Å². The van der Waals surface area contributed by atoms with Crippen molar-refractivity contribution in [1.82, 2.24) is 14.7 Å². The van der Waals surface area contributed by atoms with E-state index in [2.05, 4.69) is 16.2 Å². The van der Waals surface area contributed by atoms with Crippen LogP contribution in [0.4, 0.5) is 0 Å². The van der Waals surface area contributed by atoms with Crippen LogP contribution in [0.1, 0.15) is 24.2 Å². The Morgan fingerprint density at radius 1 is 1.37 bits per heavy atom. The maximum atomic E-state index is 8.88. The van der Waals surface area contributed by atoms with Crippen LogP contribution in [-0.4, -0.2) is 14.7 Å². The SMILES string of the molecule is CCc1nc(Cn2ccc3cc(C#N)ccc32)no1. The zero-order chi connectivity index (χ0) is 13.2. The Morgan fingerprint density at radius 2 is 2.26 bits per heavy atom. The van der Waals surface area contributed by atoms with Gasteiger partial charge in [-0.05, 0) is 24.3 Å². The van der Waals surface area contributed by atoms with Crippen LogP contribution in [0, 0.1) is 11.3 Å². The van der Waals surface area contributed by atoms with Crippen molar-refractivity contribution in [3.05, 3.63) is 47.7 Å². The molecule has 94 valence electrons. The topological polar surface area (TPSA) is 67.6 Å². The van der Waals surface area contributed by atoms with Crippen molar-refractivity contribution in [3.8, 4) is 6.07 Å². The number of rotatable bonds is 3. The number of nitriles is 1. The van der Waals surface area contributed by atoms with Crippen LogP contribution in [0.25, 0.3) is 10.9 Å². The van der Waals surface area contributed by atoms with Crippen molar-refractivity contribution in [2.24, 2.45) is 0 Å². The summed E-state index contributed by atoms with van der Waals surface area (Å²) in [6.07, 6.45) is 2.71. The first kappa shape index (κ1) is 11.5. The average Bonchev–Trinajstić information content (AvgIpc) is 3.06. The van der Waals surface area contributed by atoms with Gasteiger partial charge in [0, 0.05) is 23.5 Å². The summed E-state index contributed by atoms with van der Waals surface area (Å²) in [6, 6.07) is 9.75. The molecule has 19 heavy (non-hydrogen) atoms. The van der Waals surface area contributed by atoms with Crippen molar-refractivity contribution in [2.75, 3.05) is 0 Å². The highest BCUT2D eigenvalue weighted by Crippen LogP contribution is 2.18. The Kier molecular flexibility index (Phi) is 2.76. The molecule has 0 aliphatic carbocycles. The predicted octanol–water partition coefficient (Wildman–Crippen LogP) is 2.51. The zero-order valence-corrected chi connectivity index (χ0v) is 10.5. The van der Waals surface area contributed by atoms with Gasteiger partial charge in [-0.25, -0.2) is 0 Å². The van der Waals surface area contributed by atoms with Crippen LogP contribution >= 0.6 is 0 Å². The minimum absolute atomic E-state index is 0.568. The van der Waals surface area contributed by atoms with Gasteiger partial charge in [0.1, 0.15) is 0 Å². The number of nitrogens with zero attached hydrogens (tertiary/aromatic N) is 4. The average molecular weight is 252 g/mol. The summed E-state index contributed by atoms with van der Waals surface area (Å²) in [5.41, 5.74) is 1.72. The summed E-state index contributed by atoms with van der Waals surface area (Å²) in [4.78, 5) is 4.29. The lowest BCUT2D eigenvalue weighted by Crippen LogP contribution is -1.99. The fourth-order valence-corrected chi connectivity index (χ4v) is 2.06. The Labute approximate surface area is 110 Å². The van der Waals surface area contributed by atoms with E-state index in [9.17, 15) is 0 Å². The van der Waals surface area contributed by atoms with Gasteiger partial charge in [-0.3, -0.25) is 0 Å². The molecular weight excluding hydrogens is 240 g/mol. The van der Waals surface area contributed by atoms with Gasteiger partial charge in [0.15, 0.2) is 5.82 Å². The molecule has 0 aliphatic heterocycles. The number of fused-ring (bicyclic) bond motifs is 1. The van der Waals surface area contributed by atoms with Gasteiger partial charge in [0.05, 0.1) is 18.2 Å². The van der Waals surface area contributed by atoms with Crippen LogP contribution in [0.3, 0.4) is 0 Å². The van der Waals surface area contributed by atoms with E-state index in [0.717, 1.165) is 17.3 Å². The van der Waals surface area contributed by atoms with E-state index in [-0.39, 0.29) is 0 Å². The van der Waals surface area contributed by atoms with Crippen molar-refractivity contribution >= 4 is 10.9 Å². The van der Waals surface area contributed by atoms with E-state index in [1.807, 2.05) is 42.0 Å². The fraction of sp³-hybridized carbons (Fsp3) is 0.214. The van der Waals surface area contributed by atoms with Gasteiger partial charge >= 0.3 is 0 Å². The van der Waals surface area contributed by atoms with Crippen molar-refractivity contribution in [3.63, 3.8) is 0 Å². The lowest BCUT2D eigenvalue weighted by Gasteiger charge is -2.01. The molecule has 0 bridgehead atoms. The largest absolute Gasteiger partial charge is 0.340 e. The molecular formula is C14H12N4O. The summed E-state index contributed by atoms with van der Waals surface area (Å²) in [6.45, 7) is 2.55. The Balaban J connectivity index is 1.95. The first-order valence-electron chi connectivity index (χ1n) is 6.10. The molecule has 5 nitrogen and oxygen atoms in total. The second kappa shape index (κ2) is 4.58. The molecule has 0 amide bonds. The molecule has 0 aliphatic rings. The quantitative estimate of drug-likeness (QED) is 0.718. The van der Waals surface area contributed by atoms with Crippen molar-refractivity contribution in [2.45, 2.75) is 19.9 Å². The molecule has 1 aromatic carbocycles. The van der Waals surface area contributed by atoms with E-state index in [1.54, 1.807) is 0 Å². The molecule has 3 rings (SSSR count). The van der Waals surface area contributed by atoms with Gasteiger partial charge in [-0.15, -0.1) is 0 Å². The second-order valence-corrected chi connectivity index (χ2v) is 4.29. The Morgan fingerprint density at radius 3 is 3.00 bits per heavy atom. The van der Waals surface area contributed by atoms with E-state index in [4.69, 9.17) is 9.78 Å². The number of hydrogen-bond acceptors (Lipinski definition) is 4. The molecule has 5 heteroatoms. The van der Waals surface area contributed by atoms with Gasteiger partial charge in [-0.1, -0.05) is 12.1 Å². The Bertz CT molecular complexity index is 763. The van der Waals surface area contributed by atoms with E-state index >= 15 is 0 Å². The molecule has 2 aromatic heterocycles. The van der Waals surface area contributed by atoms with Crippen LogP contribution in [0.2, 0.25) is 0 Å². The molecule has 0 atom stereocenters. The van der Waals surface area contributed by atoms with Crippen LogP contribution < -0.4 is 0 Å². The predicted molar refractivity (Wildman–Crippen MR) is 69.4 cm³/mol. The zero-order valence-electron chi connectivity index (χ0n) is 10.5. The number of aromatic nitrogens is 3. The normalized spacial score (nSPS) is 10.7. The second-order valence-electron chi connectivity index (χ2n) is 4.29. The van der Waals surface area contributed by atoms with Crippen LogP contribution in [-0.2, 0) is 13.0 Å². The molecule has 3 aromatic rings. The lowest BCUT2D eigenvalue weighted by atomic mass is 10.2. The standard InChI is InChI=1S/C14H12N4O/c1-2-14-16-13(17-19-14)9-18-6-5-11-7-10(8-15)3-4-12(11)18/h3-7H,2,9H2,1H3. The molecule has 0 N–H and O–H groups in total. The summed E-state index contributed by atoms with van der Waals surface area (Å²) in [5, 5.41) is 13.9. The fourth-order valence-electron chi connectivity index (χ4n) is 2.06. The maximum Gasteiger partial charge on any atom is 0.226 e. The lowest BCUT2D eigenvalue weighted by molar-refractivity contribution is 0.375. The van der Waals surface area contributed by atoms with E-state index < -0.39 is 0 Å². The molecule has 0 radical (unpaired) electrons. The molecule has 0 fully saturated rings. The summed E-state index contributed by atoms with van der Waals surface area (Å²) >= 11 is 0. The smallest absolute Gasteiger partial charge is 0.226 e. The van der Waals surface area contributed by atoms with Crippen molar-refractivity contribution < 1.29 is 4.52 Å². The van der Waals surface area contributed by atoms with Crippen LogP contribution in [0.5, 0.6) is 0 Å². The summed E-state index contributed by atoms with van der Waals surface area (Å²) in [5.74, 6) is 1.32. The van der Waals surface area contributed by atoms with E-state index in [1.165, 1.54) is 0 Å². The van der Waals surface area contributed by atoms with Crippen LogP contribution in [0.15, 0.2) is 35.0 Å². The third-order valence-electron chi connectivity index (χ3n) is 3.02. The van der Waals surface area contributed by atoms with E-state index in [0.29, 0.717) is 23.8 Å². The highest BCUT2D eigenvalue weighted by molar-refractivity contribution is 5.81. The summed E-state index contributed by atoms with van der Waals surface area (Å²) in [7, 11) is 0. The molecule has 0 spiro atoms. The monoisotopic (exact) mass is 252 g/mol. The van der Waals surface area contributed by atoms with Gasteiger partial charge in [0.2, 0.25) is 5.89 Å². The first-order valence-corrected chi connectivity index (χ1v) is 6.10. The summed E-state index contributed by atoms with van der Waals surface area (Å²) < 4.78 is 7.14.